The van der Waals surface area contributed by atoms with Crippen molar-refractivity contribution in [3.05, 3.63) is 59.2 Å². The predicted octanol–water partition coefficient (Wildman–Crippen LogP) is 4.21. The molecule has 0 spiro atoms. The Morgan fingerprint density at radius 1 is 1.08 bits per heavy atom. The van der Waals surface area contributed by atoms with Gasteiger partial charge in [-0.1, -0.05) is 18.2 Å². The molecule has 0 saturated carbocycles. The van der Waals surface area contributed by atoms with Crippen LogP contribution in [0.1, 0.15) is 16.7 Å². The summed E-state index contributed by atoms with van der Waals surface area (Å²) in [6.07, 6.45) is -3.59. The highest BCUT2D eigenvalue weighted by Crippen LogP contribution is 2.26. The summed E-state index contributed by atoms with van der Waals surface area (Å²) in [5, 5.41) is 0. The van der Waals surface area contributed by atoms with Crippen molar-refractivity contribution in [1.29, 1.82) is 0 Å². The lowest BCUT2D eigenvalue weighted by Gasteiger charge is -2.27. The second-order valence-electron chi connectivity index (χ2n) is 6.49. The smallest absolute Gasteiger partial charge is 0.406 e. The third-order valence-corrected chi connectivity index (χ3v) is 4.41. The monoisotopic (exact) mass is 350 g/mol. The van der Waals surface area contributed by atoms with Gasteiger partial charge in [0.25, 0.3) is 0 Å². The first-order valence-electron chi connectivity index (χ1n) is 8.16. The van der Waals surface area contributed by atoms with Crippen LogP contribution in [0.4, 0.5) is 18.9 Å². The minimum absolute atomic E-state index is 0.198. The molecule has 134 valence electrons. The minimum atomic E-state index is -4.66. The number of halogens is 3. The zero-order chi connectivity index (χ0) is 18.0. The first-order valence-corrected chi connectivity index (χ1v) is 8.16. The molecule has 0 aromatic heterocycles. The molecule has 0 fully saturated rings. The van der Waals surface area contributed by atoms with E-state index in [-0.39, 0.29) is 5.75 Å². The highest BCUT2D eigenvalue weighted by atomic mass is 19.4. The molecule has 0 N–H and O–H groups in total. The van der Waals surface area contributed by atoms with Crippen LogP contribution in [-0.2, 0) is 19.5 Å². The summed E-state index contributed by atoms with van der Waals surface area (Å²) in [6, 6.07) is 12.5. The first-order chi connectivity index (χ1) is 11.8. The van der Waals surface area contributed by atoms with E-state index in [0.717, 1.165) is 30.8 Å². The molecule has 3 rings (SSSR count). The second kappa shape index (κ2) is 6.96. The van der Waals surface area contributed by atoms with E-state index in [1.165, 1.54) is 23.3 Å². The predicted molar refractivity (Wildman–Crippen MR) is 91.7 cm³/mol. The van der Waals surface area contributed by atoms with Gasteiger partial charge in [-0.3, -0.25) is 0 Å². The molecule has 0 aliphatic carbocycles. The van der Waals surface area contributed by atoms with Crippen molar-refractivity contribution < 1.29 is 17.9 Å². The van der Waals surface area contributed by atoms with E-state index in [0.29, 0.717) is 6.54 Å². The summed E-state index contributed by atoms with van der Waals surface area (Å²) < 4.78 is 40.5. The van der Waals surface area contributed by atoms with Gasteiger partial charge in [0.2, 0.25) is 0 Å². The van der Waals surface area contributed by atoms with Gasteiger partial charge >= 0.3 is 6.36 Å². The quantitative estimate of drug-likeness (QED) is 0.822. The fraction of sp³-hybridized carbons (Fsp3) is 0.368. The number of alkyl halides is 3. The number of rotatable bonds is 4. The SMILES string of the molecule is CN1CCc2ccc(N(C)Cc3ccc(OC(F)(F)F)cc3)cc2C1. The number of anilines is 1. The van der Waals surface area contributed by atoms with E-state index >= 15 is 0 Å². The zero-order valence-corrected chi connectivity index (χ0v) is 14.3. The summed E-state index contributed by atoms with van der Waals surface area (Å²) in [4.78, 5) is 4.39. The van der Waals surface area contributed by atoms with Gasteiger partial charge in [-0.2, -0.15) is 0 Å². The molecule has 0 atom stereocenters. The molecular weight excluding hydrogens is 329 g/mol. The van der Waals surface area contributed by atoms with Crippen LogP contribution in [0.2, 0.25) is 0 Å². The summed E-state index contributed by atoms with van der Waals surface area (Å²) in [5.74, 6) is -0.198. The van der Waals surface area contributed by atoms with Crippen molar-refractivity contribution in [1.82, 2.24) is 4.90 Å². The molecular formula is C19H21F3N2O. The standard InChI is InChI=1S/C19H21F3N2O/c1-23-10-9-15-5-6-17(11-16(15)13-23)24(2)12-14-3-7-18(8-4-14)25-19(20,21)22/h3-8,11H,9-10,12-13H2,1-2H3. The third-order valence-electron chi connectivity index (χ3n) is 4.41. The van der Waals surface area contributed by atoms with Gasteiger partial charge in [0.15, 0.2) is 0 Å². The molecule has 1 aliphatic heterocycles. The molecule has 1 aliphatic rings. The maximum Gasteiger partial charge on any atom is 0.573 e. The number of likely N-dealkylation sites (N-methyl/N-ethyl adjacent to an activating group) is 1. The van der Waals surface area contributed by atoms with E-state index in [1.807, 2.05) is 7.05 Å². The lowest BCUT2D eigenvalue weighted by atomic mass is 9.99. The number of ether oxygens (including phenoxy) is 1. The van der Waals surface area contributed by atoms with Gasteiger partial charge in [0, 0.05) is 32.4 Å². The van der Waals surface area contributed by atoms with Crippen LogP contribution >= 0.6 is 0 Å². The van der Waals surface area contributed by atoms with Crippen LogP contribution in [0.3, 0.4) is 0 Å². The van der Waals surface area contributed by atoms with Crippen molar-refractivity contribution >= 4 is 5.69 Å². The van der Waals surface area contributed by atoms with Crippen LogP contribution in [0.5, 0.6) is 5.75 Å². The normalized spacial score (nSPS) is 14.9. The summed E-state index contributed by atoms with van der Waals surface area (Å²) in [6.45, 7) is 2.63. The summed E-state index contributed by atoms with van der Waals surface area (Å²) in [7, 11) is 4.10. The molecule has 3 nitrogen and oxygen atoms in total. The molecule has 0 radical (unpaired) electrons. The van der Waals surface area contributed by atoms with Crippen molar-refractivity contribution in [3.8, 4) is 5.75 Å². The van der Waals surface area contributed by atoms with E-state index in [4.69, 9.17) is 0 Å². The molecule has 2 aromatic rings. The Morgan fingerprint density at radius 3 is 2.48 bits per heavy atom. The van der Waals surface area contributed by atoms with E-state index in [1.54, 1.807) is 12.1 Å². The number of hydrogen-bond acceptors (Lipinski definition) is 3. The Balaban J connectivity index is 1.68. The van der Waals surface area contributed by atoms with Gasteiger partial charge in [0.1, 0.15) is 5.75 Å². The Hall–Kier alpha value is -2.21. The highest BCUT2D eigenvalue weighted by Gasteiger charge is 2.30. The molecule has 25 heavy (non-hydrogen) atoms. The summed E-state index contributed by atoms with van der Waals surface area (Å²) >= 11 is 0. The van der Waals surface area contributed by atoms with E-state index in [9.17, 15) is 13.2 Å². The average Bonchev–Trinajstić information content (AvgIpc) is 2.54. The fourth-order valence-corrected chi connectivity index (χ4v) is 3.08. The van der Waals surface area contributed by atoms with Crippen molar-refractivity contribution in [3.63, 3.8) is 0 Å². The minimum Gasteiger partial charge on any atom is -0.406 e. The average molecular weight is 350 g/mol. The maximum absolute atomic E-state index is 12.2. The number of fused-ring (bicyclic) bond motifs is 1. The Labute approximate surface area is 145 Å². The van der Waals surface area contributed by atoms with Crippen LogP contribution in [0.15, 0.2) is 42.5 Å². The first kappa shape index (κ1) is 17.6. The van der Waals surface area contributed by atoms with Gasteiger partial charge in [-0.15, -0.1) is 13.2 Å². The van der Waals surface area contributed by atoms with Crippen molar-refractivity contribution in [2.75, 3.05) is 25.5 Å². The highest BCUT2D eigenvalue weighted by molar-refractivity contribution is 5.51. The second-order valence-corrected chi connectivity index (χ2v) is 6.49. The molecule has 1 heterocycles. The fourth-order valence-electron chi connectivity index (χ4n) is 3.08. The van der Waals surface area contributed by atoms with Gasteiger partial charge < -0.3 is 14.5 Å². The van der Waals surface area contributed by atoms with Crippen molar-refractivity contribution in [2.45, 2.75) is 25.9 Å². The molecule has 2 aromatic carbocycles. The van der Waals surface area contributed by atoms with Crippen LogP contribution in [-0.4, -0.2) is 31.9 Å². The molecule has 0 amide bonds. The van der Waals surface area contributed by atoms with Gasteiger partial charge in [-0.25, -0.2) is 0 Å². The van der Waals surface area contributed by atoms with Gasteiger partial charge in [0.05, 0.1) is 0 Å². The lowest BCUT2D eigenvalue weighted by molar-refractivity contribution is -0.274. The molecule has 0 unspecified atom stereocenters. The molecule has 6 heteroatoms. The topological polar surface area (TPSA) is 15.7 Å². The molecule has 0 bridgehead atoms. The van der Waals surface area contributed by atoms with Gasteiger partial charge in [-0.05, 0) is 54.4 Å². The Morgan fingerprint density at radius 2 is 1.80 bits per heavy atom. The van der Waals surface area contributed by atoms with Crippen LogP contribution in [0, 0.1) is 0 Å². The largest absolute Gasteiger partial charge is 0.573 e. The zero-order valence-electron chi connectivity index (χ0n) is 14.3. The maximum atomic E-state index is 12.2. The Bertz CT molecular complexity index is 728. The van der Waals surface area contributed by atoms with Crippen LogP contribution < -0.4 is 9.64 Å². The molecule has 0 saturated heterocycles. The van der Waals surface area contributed by atoms with Crippen molar-refractivity contribution in [2.24, 2.45) is 0 Å². The van der Waals surface area contributed by atoms with Crippen LogP contribution in [0.25, 0.3) is 0 Å². The third kappa shape index (κ3) is 4.66. The Kier molecular flexibility index (Phi) is 4.90. The number of benzene rings is 2. The van der Waals surface area contributed by atoms with E-state index in [2.05, 4.69) is 39.8 Å². The lowest BCUT2D eigenvalue weighted by Crippen LogP contribution is -2.27. The van der Waals surface area contributed by atoms with E-state index < -0.39 is 6.36 Å². The number of hydrogen-bond donors (Lipinski definition) is 0. The number of nitrogens with zero attached hydrogens (tertiary/aromatic N) is 2. The summed E-state index contributed by atoms with van der Waals surface area (Å²) in [5.41, 5.74) is 4.76.